The number of aliphatic hydroxyl groups is 1. The number of carboxylic acid groups (broad SMARTS) is 1. The molecule has 14 heteroatoms. The van der Waals surface area contributed by atoms with Crippen molar-refractivity contribution in [3.63, 3.8) is 0 Å². The Morgan fingerprint density at radius 1 is 1.41 bits per heavy atom. The number of imidazole rings is 1. The fourth-order valence-corrected chi connectivity index (χ4v) is 5.12. The normalized spacial score (nSPS) is 30.0. The molecule has 4 rings (SSSR count). The molecule has 2 aliphatic heterocycles. The van der Waals surface area contributed by atoms with Gasteiger partial charge in [-0.05, 0) is 12.8 Å². The van der Waals surface area contributed by atoms with E-state index in [9.17, 15) is 24.5 Å². The van der Waals surface area contributed by atoms with E-state index >= 15 is 0 Å². The summed E-state index contributed by atoms with van der Waals surface area (Å²) >= 11 is 0. The van der Waals surface area contributed by atoms with Crippen LogP contribution in [0.25, 0.3) is 11.2 Å². The van der Waals surface area contributed by atoms with E-state index in [1.807, 2.05) is 0 Å². The molecule has 2 aromatic rings. The van der Waals surface area contributed by atoms with Crippen LogP contribution in [0.1, 0.15) is 25.5 Å². The fraction of sp³-hybridized carbons (Fsp3) is 0.600. The average molecular weight is 428 g/mol. The van der Waals surface area contributed by atoms with Crippen LogP contribution in [0, 0.1) is 0 Å². The lowest BCUT2D eigenvalue weighted by molar-refractivity contribution is -0.141. The molecule has 0 bridgehead atoms. The first kappa shape index (κ1) is 20.1. The van der Waals surface area contributed by atoms with Crippen LogP contribution in [0.4, 0.5) is 5.82 Å². The number of ether oxygens (including phenoxy) is 1. The summed E-state index contributed by atoms with van der Waals surface area (Å²) in [4.78, 5) is 33.6. The number of aliphatic carboxylic acids is 1. The maximum atomic E-state index is 12.5. The van der Waals surface area contributed by atoms with E-state index in [4.69, 9.17) is 15.0 Å². The zero-order valence-corrected chi connectivity index (χ0v) is 16.1. The molecular formula is C15H21N6O7P. The predicted molar refractivity (Wildman–Crippen MR) is 97.4 cm³/mol. The monoisotopic (exact) mass is 428 g/mol. The van der Waals surface area contributed by atoms with E-state index in [-0.39, 0.29) is 31.8 Å². The van der Waals surface area contributed by atoms with Gasteiger partial charge in [-0.15, -0.1) is 0 Å². The van der Waals surface area contributed by atoms with Gasteiger partial charge in [-0.2, -0.15) is 4.67 Å². The average Bonchev–Trinajstić information content (AvgIpc) is 3.38. The molecule has 0 aromatic carbocycles. The number of hydrogen-bond acceptors (Lipinski definition) is 9. The molecule has 0 spiro atoms. The smallest absolute Gasteiger partial charge is 0.406 e. The molecule has 2 unspecified atom stereocenters. The van der Waals surface area contributed by atoms with Crippen molar-refractivity contribution in [1.82, 2.24) is 24.2 Å². The number of anilines is 1. The van der Waals surface area contributed by atoms with Crippen molar-refractivity contribution < 1.29 is 33.7 Å². The van der Waals surface area contributed by atoms with E-state index < -0.39 is 38.2 Å². The summed E-state index contributed by atoms with van der Waals surface area (Å²) in [5.41, 5.74) is 6.61. The van der Waals surface area contributed by atoms with Gasteiger partial charge in [0.25, 0.3) is 0 Å². The Balaban J connectivity index is 1.43. The van der Waals surface area contributed by atoms with Gasteiger partial charge in [-0.3, -0.25) is 13.9 Å². The van der Waals surface area contributed by atoms with E-state index in [2.05, 4.69) is 15.0 Å². The lowest BCUT2D eigenvalue weighted by Crippen LogP contribution is -2.35. The van der Waals surface area contributed by atoms with Crippen molar-refractivity contribution in [2.45, 2.75) is 43.7 Å². The first-order chi connectivity index (χ1) is 13.8. The summed E-state index contributed by atoms with van der Waals surface area (Å²) in [5.74, 6) is -0.960. The van der Waals surface area contributed by atoms with Gasteiger partial charge >= 0.3 is 13.7 Å². The van der Waals surface area contributed by atoms with Gasteiger partial charge in [0.2, 0.25) is 0 Å². The van der Waals surface area contributed by atoms with Crippen molar-refractivity contribution in [3.8, 4) is 0 Å². The summed E-state index contributed by atoms with van der Waals surface area (Å²) in [6, 6.07) is -1.07. The van der Waals surface area contributed by atoms with Gasteiger partial charge in [0.05, 0.1) is 19.0 Å². The van der Waals surface area contributed by atoms with Gasteiger partial charge < -0.3 is 25.6 Å². The van der Waals surface area contributed by atoms with Crippen molar-refractivity contribution >= 4 is 30.7 Å². The van der Waals surface area contributed by atoms with Crippen LogP contribution in [0.3, 0.4) is 0 Å². The van der Waals surface area contributed by atoms with Crippen molar-refractivity contribution in [1.29, 1.82) is 0 Å². The number of aliphatic hydroxyl groups excluding tert-OH is 1. The zero-order valence-electron chi connectivity index (χ0n) is 15.2. The summed E-state index contributed by atoms with van der Waals surface area (Å²) in [7, 11) is -4.35. The zero-order chi connectivity index (χ0) is 20.8. The highest BCUT2D eigenvalue weighted by molar-refractivity contribution is 7.50. The van der Waals surface area contributed by atoms with Gasteiger partial charge in [0, 0.05) is 13.0 Å². The number of carboxylic acids is 1. The minimum Gasteiger partial charge on any atom is -0.480 e. The van der Waals surface area contributed by atoms with Crippen LogP contribution < -0.4 is 5.73 Å². The molecule has 0 radical (unpaired) electrons. The molecule has 4 heterocycles. The first-order valence-corrected chi connectivity index (χ1v) is 10.5. The van der Waals surface area contributed by atoms with Crippen LogP contribution in [0.5, 0.6) is 0 Å². The summed E-state index contributed by atoms with van der Waals surface area (Å²) in [6.07, 6.45) is 1.21. The molecule has 2 saturated heterocycles. The molecule has 0 saturated carbocycles. The largest absolute Gasteiger partial charge is 0.480 e. The molecular weight excluding hydrogens is 407 g/mol. The number of carbonyl (C=O) groups is 1. The lowest BCUT2D eigenvalue weighted by Gasteiger charge is -2.26. The molecule has 5 atom stereocenters. The molecule has 0 amide bonds. The number of aromatic nitrogens is 4. The Kier molecular flexibility index (Phi) is 5.27. The second kappa shape index (κ2) is 7.59. The highest BCUT2D eigenvalue weighted by Gasteiger charge is 2.44. The predicted octanol–water partition coefficient (Wildman–Crippen LogP) is -0.277. The van der Waals surface area contributed by atoms with Crippen molar-refractivity contribution in [2.75, 3.05) is 18.9 Å². The van der Waals surface area contributed by atoms with Gasteiger partial charge in [-0.1, -0.05) is 0 Å². The van der Waals surface area contributed by atoms with Crippen LogP contribution in [-0.4, -0.2) is 76.7 Å². The third kappa shape index (κ3) is 3.72. The van der Waals surface area contributed by atoms with Crippen LogP contribution in [-0.2, 0) is 18.6 Å². The molecule has 0 aliphatic carbocycles. The number of fused-ring (bicyclic) bond motifs is 1. The summed E-state index contributed by atoms with van der Waals surface area (Å²) < 4.78 is 26.0. The molecule has 29 heavy (non-hydrogen) atoms. The molecule has 5 N–H and O–H groups in total. The SMILES string of the molecule is Nc1ncnc2c1ncn2[C@H]1C[C@H](O)[C@@H](COP(=O)(O)N2CCCC2C(=O)O)O1. The number of nitrogens with two attached hydrogens (primary N) is 1. The minimum atomic E-state index is -4.35. The second-order valence-electron chi connectivity index (χ2n) is 6.96. The summed E-state index contributed by atoms with van der Waals surface area (Å²) in [5, 5.41) is 19.5. The van der Waals surface area contributed by atoms with Crippen molar-refractivity contribution in [2.24, 2.45) is 0 Å². The van der Waals surface area contributed by atoms with Crippen LogP contribution in [0.2, 0.25) is 0 Å². The Hall–Kier alpha value is -2.15. The van der Waals surface area contributed by atoms with Crippen LogP contribution in [0.15, 0.2) is 12.7 Å². The first-order valence-electron chi connectivity index (χ1n) is 9.01. The highest BCUT2D eigenvalue weighted by atomic mass is 31.2. The Labute approximate surface area is 164 Å². The molecule has 13 nitrogen and oxygen atoms in total. The highest BCUT2D eigenvalue weighted by Crippen LogP contribution is 2.51. The van der Waals surface area contributed by atoms with E-state index in [1.165, 1.54) is 12.7 Å². The molecule has 2 aliphatic rings. The number of nitrogens with zero attached hydrogens (tertiary/aromatic N) is 5. The maximum Gasteiger partial charge on any atom is 0.406 e. The number of hydrogen-bond donors (Lipinski definition) is 4. The third-order valence-corrected chi connectivity index (χ3v) is 6.76. The van der Waals surface area contributed by atoms with Crippen molar-refractivity contribution in [3.05, 3.63) is 12.7 Å². The minimum absolute atomic E-state index is 0.142. The fourth-order valence-electron chi connectivity index (χ4n) is 3.67. The van der Waals surface area contributed by atoms with Gasteiger partial charge in [-0.25, -0.2) is 19.5 Å². The van der Waals surface area contributed by atoms with E-state index in [1.54, 1.807) is 4.57 Å². The lowest BCUT2D eigenvalue weighted by atomic mass is 10.2. The third-order valence-electron chi connectivity index (χ3n) is 5.14. The summed E-state index contributed by atoms with van der Waals surface area (Å²) in [6.45, 7) is -0.234. The number of nitrogen functional groups attached to an aromatic ring is 1. The maximum absolute atomic E-state index is 12.5. The van der Waals surface area contributed by atoms with Crippen LogP contribution >= 0.6 is 7.75 Å². The Morgan fingerprint density at radius 3 is 2.97 bits per heavy atom. The second-order valence-corrected chi connectivity index (χ2v) is 8.71. The van der Waals surface area contributed by atoms with Gasteiger partial charge in [0.15, 0.2) is 11.5 Å². The molecule has 158 valence electrons. The Bertz CT molecular complexity index is 970. The Morgan fingerprint density at radius 2 is 2.21 bits per heavy atom. The van der Waals surface area contributed by atoms with E-state index in [0.29, 0.717) is 17.6 Å². The number of rotatable bonds is 6. The molecule has 2 aromatic heterocycles. The topological polar surface area (TPSA) is 186 Å². The quantitative estimate of drug-likeness (QED) is 0.442. The standard InChI is InChI=1S/C15H21N6O7P/c16-13-12-14(18-6-17-13)20(7-19-12)11-4-9(22)10(28-11)5-27-29(25,26)21-3-1-2-8(21)15(23)24/h6-11,22H,1-5H2,(H,23,24)(H,25,26)(H2,16,17,18)/t8?,9-,10+,11+/m0/s1. The van der Waals surface area contributed by atoms with Gasteiger partial charge in [0.1, 0.15) is 30.2 Å². The van der Waals surface area contributed by atoms with E-state index in [0.717, 1.165) is 4.67 Å². The molecule has 2 fully saturated rings.